The minimum Gasteiger partial charge on any atom is -0.396 e. The van der Waals surface area contributed by atoms with Gasteiger partial charge in [0.25, 0.3) is 0 Å². The highest BCUT2D eigenvalue weighted by atomic mass is 19.4. The van der Waals surface area contributed by atoms with E-state index >= 15 is 0 Å². The molecule has 0 bridgehead atoms. The van der Waals surface area contributed by atoms with Gasteiger partial charge in [0.2, 0.25) is 0 Å². The van der Waals surface area contributed by atoms with E-state index in [4.69, 9.17) is 10.4 Å². The van der Waals surface area contributed by atoms with Gasteiger partial charge in [0, 0.05) is 32.3 Å². The minimum atomic E-state index is -4.52. The van der Waals surface area contributed by atoms with Gasteiger partial charge >= 0.3 is 6.18 Å². The van der Waals surface area contributed by atoms with Gasteiger partial charge in [-0.25, -0.2) is 4.98 Å². The van der Waals surface area contributed by atoms with Crippen molar-refractivity contribution < 1.29 is 18.3 Å². The van der Waals surface area contributed by atoms with Crippen LogP contribution >= 0.6 is 0 Å². The van der Waals surface area contributed by atoms with Crippen molar-refractivity contribution in [3.63, 3.8) is 0 Å². The molecule has 8 heteroatoms. The van der Waals surface area contributed by atoms with Crippen LogP contribution in [0.2, 0.25) is 0 Å². The Morgan fingerprint density at radius 3 is 2.58 bits per heavy atom. The second kappa shape index (κ2) is 7.81. The highest BCUT2D eigenvalue weighted by Crippen LogP contribution is 2.31. The normalized spacial score (nSPS) is 16.5. The SMILES string of the molecule is CN(CCCO)C1CCN(c2nc(C(F)(F)F)ccc2C#N)CC1. The van der Waals surface area contributed by atoms with Gasteiger partial charge in [-0.05, 0) is 38.4 Å². The number of pyridine rings is 1. The molecule has 2 heterocycles. The predicted molar refractivity (Wildman–Crippen MR) is 83.5 cm³/mol. The van der Waals surface area contributed by atoms with E-state index in [9.17, 15) is 13.2 Å². The molecule has 0 atom stereocenters. The fourth-order valence-corrected chi connectivity index (χ4v) is 2.96. The summed E-state index contributed by atoms with van der Waals surface area (Å²) in [6.45, 7) is 2.03. The third-order valence-electron chi connectivity index (χ3n) is 4.34. The van der Waals surface area contributed by atoms with Crippen molar-refractivity contribution in [2.24, 2.45) is 0 Å². The van der Waals surface area contributed by atoms with Gasteiger partial charge in [0.15, 0.2) is 0 Å². The first-order chi connectivity index (χ1) is 11.4. The van der Waals surface area contributed by atoms with Crippen LogP contribution in [0.1, 0.15) is 30.5 Å². The van der Waals surface area contributed by atoms with E-state index < -0.39 is 11.9 Å². The summed E-state index contributed by atoms with van der Waals surface area (Å²) >= 11 is 0. The predicted octanol–water partition coefficient (Wildman–Crippen LogP) is 2.26. The molecule has 0 aromatic carbocycles. The van der Waals surface area contributed by atoms with Crippen molar-refractivity contribution in [2.45, 2.75) is 31.5 Å². The Hall–Kier alpha value is -1.85. The second-order valence-corrected chi connectivity index (χ2v) is 5.95. The van der Waals surface area contributed by atoms with Crippen LogP contribution in [0, 0.1) is 11.3 Å². The average Bonchev–Trinajstić information content (AvgIpc) is 2.58. The summed E-state index contributed by atoms with van der Waals surface area (Å²) in [5, 5.41) is 18.0. The molecule has 24 heavy (non-hydrogen) atoms. The lowest BCUT2D eigenvalue weighted by atomic mass is 10.0. The molecule has 1 fully saturated rings. The maximum Gasteiger partial charge on any atom is 0.433 e. The first kappa shape index (κ1) is 18.5. The van der Waals surface area contributed by atoms with Gasteiger partial charge in [0.1, 0.15) is 17.6 Å². The summed E-state index contributed by atoms with van der Waals surface area (Å²) in [7, 11) is 1.99. The molecular weight excluding hydrogens is 321 g/mol. The highest BCUT2D eigenvalue weighted by molar-refractivity contribution is 5.54. The smallest absolute Gasteiger partial charge is 0.396 e. The Kier molecular flexibility index (Phi) is 6.02. The summed E-state index contributed by atoms with van der Waals surface area (Å²) in [4.78, 5) is 7.61. The molecule has 1 saturated heterocycles. The van der Waals surface area contributed by atoms with E-state index in [1.165, 1.54) is 6.07 Å². The van der Waals surface area contributed by atoms with E-state index in [0.717, 1.165) is 25.5 Å². The molecule has 132 valence electrons. The van der Waals surface area contributed by atoms with Gasteiger partial charge < -0.3 is 14.9 Å². The van der Waals surface area contributed by atoms with Crippen LogP contribution in [0.15, 0.2) is 12.1 Å². The fourth-order valence-electron chi connectivity index (χ4n) is 2.96. The molecule has 1 aromatic heterocycles. The van der Waals surface area contributed by atoms with E-state index in [2.05, 4.69) is 9.88 Å². The van der Waals surface area contributed by atoms with Gasteiger partial charge in [-0.2, -0.15) is 18.4 Å². The molecule has 5 nitrogen and oxygen atoms in total. The Labute approximate surface area is 139 Å². The standard InChI is InChI=1S/C16H21F3N4O/c1-22(7-2-10-24)13-5-8-23(9-6-13)15-12(11-20)3-4-14(21-15)16(17,18)19/h3-4,13,24H,2,5-10H2,1H3. The third-order valence-corrected chi connectivity index (χ3v) is 4.34. The molecular formula is C16H21F3N4O. The van der Waals surface area contributed by atoms with E-state index in [-0.39, 0.29) is 18.0 Å². The number of hydrogen-bond acceptors (Lipinski definition) is 5. The number of halogens is 3. The quantitative estimate of drug-likeness (QED) is 0.889. The zero-order valence-corrected chi connectivity index (χ0v) is 13.6. The summed E-state index contributed by atoms with van der Waals surface area (Å²) in [5.41, 5.74) is -0.811. The topological polar surface area (TPSA) is 63.4 Å². The van der Waals surface area contributed by atoms with E-state index in [1.807, 2.05) is 13.1 Å². The zero-order chi connectivity index (χ0) is 17.7. The first-order valence-corrected chi connectivity index (χ1v) is 7.91. The van der Waals surface area contributed by atoms with E-state index in [1.54, 1.807) is 4.90 Å². The Morgan fingerprint density at radius 2 is 2.04 bits per heavy atom. The number of piperidine rings is 1. The van der Waals surface area contributed by atoms with Crippen molar-refractivity contribution in [1.82, 2.24) is 9.88 Å². The number of aromatic nitrogens is 1. The van der Waals surface area contributed by atoms with Crippen LogP contribution < -0.4 is 4.90 Å². The van der Waals surface area contributed by atoms with Gasteiger partial charge in [0.05, 0.1) is 5.56 Å². The molecule has 1 aliphatic rings. The van der Waals surface area contributed by atoms with Crippen LogP contribution in [0.3, 0.4) is 0 Å². The molecule has 0 radical (unpaired) electrons. The maximum absolute atomic E-state index is 12.9. The Balaban J connectivity index is 2.09. The molecule has 0 saturated carbocycles. The largest absolute Gasteiger partial charge is 0.433 e. The molecule has 0 amide bonds. The number of nitrogens with zero attached hydrogens (tertiary/aromatic N) is 4. The lowest BCUT2D eigenvalue weighted by Gasteiger charge is -2.37. The van der Waals surface area contributed by atoms with Crippen LogP contribution in [-0.4, -0.2) is 54.3 Å². The number of rotatable bonds is 5. The van der Waals surface area contributed by atoms with Crippen LogP contribution in [-0.2, 0) is 6.18 Å². The number of nitriles is 1. The molecule has 2 rings (SSSR count). The minimum absolute atomic E-state index is 0.115. The van der Waals surface area contributed by atoms with Crippen molar-refractivity contribution in [3.8, 4) is 6.07 Å². The van der Waals surface area contributed by atoms with Crippen molar-refractivity contribution in [3.05, 3.63) is 23.4 Å². The molecule has 0 aliphatic carbocycles. The van der Waals surface area contributed by atoms with Crippen LogP contribution in [0.5, 0.6) is 0 Å². The number of anilines is 1. The summed E-state index contributed by atoms with van der Waals surface area (Å²) in [5.74, 6) is 0.115. The fraction of sp³-hybridized carbons (Fsp3) is 0.625. The van der Waals surface area contributed by atoms with Crippen LogP contribution in [0.25, 0.3) is 0 Å². The van der Waals surface area contributed by atoms with Crippen molar-refractivity contribution >= 4 is 5.82 Å². The third kappa shape index (κ3) is 4.36. The lowest BCUT2D eigenvalue weighted by molar-refractivity contribution is -0.141. The number of hydrogen-bond donors (Lipinski definition) is 1. The van der Waals surface area contributed by atoms with E-state index in [0.29, 0.717) is 25.6 Å². The van der Waals surface area contributed by atoms with Gasteiger partial charge in [-0.3, -0.25) is 0 Å². The van der Waals surface area contributed by atoms with Crippen molar-refractivity contribution in [2.75, 3.05) is 38.2 Å². The zero-order valence-electron chi connectivity index (χ0n) is 13.6. The molecule has 1 N–H and O–H groups in total. The Bertz CT molecular complexity index is 592. The van der Waals surface area contributed by atoms with Crippen LogP contribution in [0.4, 0.5) is 19.0 Å². The number of alkyl halides is 3. The summed E-state index contributed by atoms with van der Waals surface area (Å²) in [6, 6.07) is 4.28. The summed E-state index contributed by atoms with van der Waals surface area (Å²) in [6.07, 6.45) is -2.26. The molecule has 1 aromatic rings. The van der Waals surface area contributed by atoms with Crippen molar-refractivity contribution in [1.29, 1.82) is 5.26 Å². The van der Waals surface area contributed by atoms with Gasteiger partial charge in [-0.15, -0.1) is 0 Å². The molecule has 1 aliphatic heterocycles. The molecule has 0 unspecified atom stereocenters. The Morgan fingerprint density at radius 1 is 1.38 bits per heavy atom. The average molecular weight is 342 g/mol. The van der Waals surface area contributed by atoms with Gasteiger partial charge in [-0.1, -0.05) is 0 Å². The maximum atomic E-state index is 12.9. The molecule has 0 spiro atoms. The lowest BCUT2D eigenvalue weighted by Crippen LogP contribution is -2.44. The highest BCUT2D eigenvalue weighted by Gasteiger charge is 2.34. The summed E-state index contributed by atoms with van der Waals surface area (Å²) < 4.78 is 38.6. The monoisotopic (exact) mass is 342 g/mol. The number of aliphatic hydroxyl groups excluding tert-OH is 1. The first-order valence-electron chi connectivity index (χ1n) is 7.91. The number of aliphatic hydroxyl groups is 1. The second-order valence-electron chi connectivity index (χ2n) is 5.95.